The van der Waals surface area contributed by atoms with E-state index in [0.29, 0.717) is 11.8 Å². The number of nitrogens with zero attached hydrogens (tertiary/aromatic N) is 3. The van der Waals surface area contributed by atoms with Gasteiger partial charge in [0.05, 0.1) is 17.4 Å². The van der Waals surface area contributed by atoms with Crippen LogP contribution in [0.4, 0.5) is 0 Å². The van der Waals surface area contributed by atoms with Gasteiger partial charge >= 0.3 is 0 Å². The molecule has 4 heterocycles. The Kier molecular flexibility index (Phi) is 4.20. The van der Waals surface area contributed by atoms with Gasteiger partial charge in [0.25, 0.3) is 0 Å². The molecule has 0 bridgehead atoms. The van der Waals surface area contributed by atoms with Crippen molar-refractivity contribution in [2.24, 2.45) is 7.05 Å². The number of fused-ring (bicyclic) bond motifs is 2. The van der Waals surface area contributed by atoms with E-state index in [2.05, 4.69) is 58.5 Å². The molecule has 0 radical (unpaired) electrons. The molecule has 0 spiro atoms. The number of H-pyrrole nitrogens is 1. The fraction of sp³-hybridized carbons (Fsp3) is 0.391. The summed E-state index contributed by atoms with van der Waals surface area (Å²) in [4.78, 5) is 8.21. The summed E-state index contributed by atoms with van der Waals surface area (Å²) in [5.41, 5.74) is 8.46. The van der Waals surface area contributed by atoms with Crippen molar-refractivity contribution in [1.29, 1.82) is 0 Å². The van der Waals surface area contributed by atoms with Crippen LogP contribution < -0.4 is 5.32 Å². The number of aromatic amines is 1. The number of aryl methyl sites for hydroxylation is 1. The lowest BCUT2D eigenvalue weighted by atomic mass is 9.88. The molecule has 1 saturated heterocycles. The van der Waals surface area contributed by atoms with Gasteiger partial charge in [-0.15, -0.1) is 0 Å². The van der Waals surface area contributed by atoms with Crippen molar-refractivity contribution < 1.29 is 0 Å². The largest absolute Gasteiger partial charge is 0.354 e. The van der Waals surface area contributed by atoms with E-state index in [4.69, 9.17) is 0 Å². The van der Waals surface area contributed by atoms with Crippen LogP contribution in [0.5, 0.6) is 0 Å². The molecule has 4 aromatic rings. The van der Waals surface area contributed by atoms with Crippen LogP contribution in [-0.4, -0.2) is 32.8 Å². The van der Waals surface area contributed by atoms with Crippen LogP contribution in [0.1, 0.15) is 49.7 Å². The summed E-state index contributed by atoms with van der Waals surface area (Å²) < 4.78 is 1.92. The molecule has 1 aliphatic rings. The molecule has 2 N–H and O–H groups in total. The average Bonchev–Trinajstić information content (AvgIpc) is 3.29. The van der Waals surface area contributed by atoms with Crippen LogP contribution >= 0.6 is 0 Å². The van der Waals surface area contributed by atoms with Gasteiger partial charge in [0.15, 0.2) is 0 Å². The maximum atomic E-state index is 4.49. The summed E-state index contributed by atoms with van der Waals surface area (Å²) in [5, 5.41) is 9.25. The molecule has 5 rings (SSSR count). The number of nitrogens with one attached hydrogen (secondary N) is 2. The van der Waals surface area contributed by atoms with Gasteiger partial charge < -0.3 is 10.3 Å². The second-order valence-electron chi connectivity index (χ2n) is 8.26. The summed E-state index contributed by atoms with van der Waals surface area (Å²) in [7, 11) is 1.99. The van der Waals surface area contributed by atoms with Crippen LogP contribution in [0.25, 0.3) is 33.2 Å². The minimum absolute atomic E-state index is 0.420. The smallest absolute Gasteiger partial charge is 0.109 e. The molecule has 144 valence electrons. The summed E-state index contributed by atoms with van der Waals surface area (Å²) >= 11 is 0. The highest BCUT2D eigenvalue weighted by molar-refractivity contribution is 5.98. The van der Waals surface area contributed by atoms with Crippen molar-refractivity contribution in [2.45, 2.75) is 38.5 Å². The van der Waals surface area contributed by atoms with E-state index in [1.807, 2.05) is 24.1 Å². The zero-order valence-corrected chi connectivity index (χ0v) is 16.8. The molecule has 0 amide bonds. The Hall–Kier alpha value is -2.66. The minimum Gasteiger partial charge on any atom is -0.354 e. The normalized spacial score (nSPS) is 15.9. The summed E-state index contributed by atoms with van der Waals surface area (Å²) in [6.07, 6.45) is 6.17. The van der Waals surface area contributed by atoms with E-state index >= 15 is 0 Å². The predicted molar refractivity (Wildman–Crippen MR) is 115 cm³/mol. The van der Waals surface area contributed by atoms with E-state index < -0.39 is 0 Å². The molecule has 0 atom stereocenters. The third kappa shape index (κ3) is 2.73. The lowest BCUT2D eigenvalue weighted by molar-refractivity contribution is 0.460. The fourth-order valence-corrected chi connectivity index (χ4v) is 4.76. The number of hydrogen-bond acceptors (Lipinski definition) is 3. The van der Waals surface area contributed by atoms with Gasteiger partial charge in [-0.3, -0.25) is 9.67 Å². The van der Waals surface area contributed by atoms with Gasteiger partial charge in [-0.25, -0.2) is 0 Å². The molecular formula is C23H27N5. The van der Waals surface area contributed by atoms with Crippen molar-refractivity contribution in [1.82, 2.24) is 25.1 Å². The van der Waals surface area contributed by atoms with Crippen LogP contribution in [0.2, 0.25) is 0 Å². The monoisotopic (exact) mass is 373 g/mol. The van der Waals surface area contributed by atoms with E-state index in [0.717, 1.165) is 24.1 Å². The SMILES string of the molecule is CC(C)c1c(-c2ccnc3cnn(C)c23)[nH]c2ccc(C3CCNCC3)cc12. The molecule has 0 aliphatic carbocycles. The zero-order chi connectivity index (χ0) is 19.3. The number of pyridine rings is 1. The van der Waals surface area contributed by atoms with Gasteiger partial charge in [0.1, 0.15) is 5.52 Å². The Morgan fingerprint density at radius 1 is 1.14 bits per heavy atom. The quantitative estimate of drug-likeness (QED) is 0.547. The van der Waals surface area contributed by atoms with Crippen LogP contribution in [0, 0.1) is 0 Å². The molecule has 5 nitrogen and oxygen atoms in total. The molecule has 5 heteroatoms. The number of hydrogen-bond donors (Lipinski definition) is 2. The number of aromatic nitrogens is 4. The van der Waals surface area contributed by atoms with Crippen molar-refractivity contribution in [2.75, 3.05) is 13.1 Å². The average molecular weight is 374 g/mol. The van der Waals surface area contributed by atoms with Crippen molar-refractivity contribution in [3.63, 3.8) is 0 Å². The Morgan fingerprint density at radius 2 is 1.96 bits per heavy atom. The van der Waals surface area contributed by atoms with Gasteiger partial charge in [0.2, 0.25) is 0 Å². The lowest BCUT2D eigenvalue weighted by Crippen LogP contribution is -2.26. The maximum absolute atomic E-state index is 4.49. The van der Waals surface area contributed by atoms with Crippen molar-refractivity contribution in [3.8, 4) is 11.3 Å². The first-order valence-electron chi connectivity index (χ1n) is 10.3. The summed E-state index contributed by atoms with van der Waals surface area (Å²) in [6, 6.07) is 9.12. The summed E-state index contributed by atoms with van der Waals surface area (Å²) in [5.74, 6) is 1.08. The molecule has 1 fully saturated rings. The van der Waals surface area contributed by atoms with E-state index in [1.54, 1.807) is 0 Å². The highest BCUT2D eigenvalue weighted by Gasteiger charge is 2.21. The van der Waals surface area contributed by atoms with Crippen molar-refractivity contribution >= 4 is 21.9 Å². The predicted octanol–water partition coefficient (Wildman–Crippen LogP) is 4.71. The molecular weight excluding hydrogens is 346 g/mol. The topological polar surface area (TPSA) is 58.5 Å². The number of piperidine rings is 1. The molecule has 1 aliphatic heterocycles. The molecule has 28 heavy (non-hydrogen) atoms. The first kappa shape index (κ1) is 17.4. The fourth-order valence-electron chi connectivity index (χ4n) is 4.76. The Bertz CT molecular complexity index is 1140. The van der Waals surface area contributed by atoms with E-state index in [1.165, 1.54) is 46.1 Å². The van der Waals surface area contributed by atoms with Crippen LogP contribution in [0.15, 0.2) is 36.7 Å². The van der Waals surface area contributed by atoms with E-state index in [9.17, 15) is 0 Å². The second kappa shape index (κ2) is 6.74. The van der Waals surface area contributed by atoms with Gasteiger partial charge in [-0.2, -0.15) is 5.10 Å². The zero-order valence-electron chi connectivity index (χ0n) is 16.8. The highest BCUT2D eigenvalue weighted by Crippen LogP contribution is 2.39. The maximum Gasteiger partial charge on any atom is 0.109 e. The Balaban J connectivity index is 1.73. The summed E-state index contributed by atoms with van der Waals surface area (Å²) in [6.45, 7) is 6.80. The van der Waals surface area contributed by atoms with Gasteiger partial charge in [-0.1, -0.05) is 19.9 Å². The first-order valence-corrected chi connectivity index (χ1v) is 10.3. The van der Waals surface area contributed by atoms with Gasteiger partial charge in [0, 0.05) is 29.7 Å². The number of rotatable bonds is 3. The Labute approximate surface area is 165 Å². The lowest BCUT2D eigenvalue weighted by Gasteiger charge is -2.23. The van der Waals surface area contributed by atoms with Crippen molar-refractivity contribution in [3.05, 3.63) is 47.8 Å². The van der Waals surface area contributed by atoms with Gasteiger partial charge in [-0.05, 0) is 67.1 Å². The minimum atomic E-state index is 0.420. The highest BCUT2D eigenvalue weighted by atomic mass is 15.3. The molecule has 1 aromatic carbocycles. The standard InChI is InChI=1S/C23H27N5/c1-14(2)21-18-12-16(15-6-9-24-10-7-15)4-5-19(18)27-22(21)17-8-11-25-20-13-26-28(3)23(17)20/h4-5,8,11-15,24,27H,6-7,9-10H2,1-3H3. The Morgan fingerprint density at radius 3 is 2.75 bits per heavy atom. The third-order valence-corrected chi connectivity index (χ3v) is 6.15. The number of benzene rings is 1. The van der Waals surface area contributed by atoms with Crippen LogP contribution in [0.3, 0.4) is 0 Å². The third-order valence-electron chi connectivity index (χ3n) is 6.15. The molecule has 0 saturated carbocycles. The van der Waals surface area contributed by atoms with E-state index in [-0.39, 0.29) is 0 Å². The van der Waals surface area contributed by atoms with Crippen LogP contribution in [-0.2, 0) is 7.05 Å². The second-order valence-corrected chi connectivity index (χ2v) is 8.26. The molecule has 0 unspecified atom stereocenters. The molecule has 3 aromatic heterocycles. The first-order chi connectivity index (χ1) is 13.6.